The summed E-state index contributed by atoms with van der Waals surface area (Å²) in [6.07, 6.45) is 2.92. The van der Waals surface area contributed by atoms with Crippen molar-refractivity contribution in [3.05, 3.63) is 29.6 Å². The number of hydrogen-bond donors (Lipinski definition) is 1. The molecule has 19 heavy (non-hydrogen) atoms. The van der Waals surface area contributed by atoms with Gasteiger partial charge in [0.15, 0.2) is 0 Å². The lowest BCUT2D eigenvalue weighted by Gasteiger charge is -2.39. The minimum absolute atomic E-state index is 0.133. The minimum atomic E-state index is -0.191. The molecule has 1 atom stereocenters. The van der Waals surface area contributed by atoms with E-state index in [0.717, 1.165) is 44.6 Å². The van der Waals surface area contributed by atoms with E-state index in [0.29, 0.717) is 6.61 Å². The monoisotopic (exact) mass is 265 g/mol. The smallest absolute Gasteiger partial charge is 0.125 e. The molecule has 1 N–H and O–H groups in total. The van der Waals surface area contributed by atoms with Crippen molar-refractivity contribution in [3.63, 3.8) is 0 Å². The van der Waals surface area contributed by atoms with E-state index in [4.69, 9.17) is 4.74 Å². The third-order valence-corrected chi connectivity index (χ3v) is 4.30. The molecule has 0 spiro atoms. The van der Waals surface area contributed by atoms with Gasteiger partial charge < -0.3 is 14.7 Å². The van der Waals surface area contributed by atoms with Gasteiger partial charge in [0.1, 0.15) is 5.82 Å². The number of nitrogens with zero attached hydrogens (tertiary/aromatic N) is 1. The Morgan fingerprint density at radius 2 is 2.32 bits per heavy atom. The second kappa shape index (κ2) is 5.10. The number of halogens is 1. The Morgan fingerprint density at radius 3 is 3.05 bits per heavy atom. The predicted octanol–water partition coefficient (Wildman–Crippen LogP) is 1.98. The summed E-state index contributed by atoms with van der Waals surface area (Å²) in [6.45, 7) is 3.17. The summed E-state index contributed by atoms with van der Waals surface area (Å²) < 4.78 is 18.9. The van der Waals surface area contributed by atoms with Crippen LogP contribution >= 0.6 is 0 Å². The fourth-order valence-electron chi connectivity index (χ4n) is 3.20. The molecule has 1 aromatic rings. The molecule has 0 bridgehead atoms. The molecular weight excluding hydrogens is 245 g/mol. The van der Waals surface area contributed by atoms with Crippen molar-refractivity contribution in [2.24, 2.45) is 5.41 Å². The first-order valence-corrected chi connectivity index (χ1v) is 6.94. The van der Waals surface area contributed by atoms with E-state index < -0.39 is 0 Å². The van der Waals surface area contributed by atoms with Crippen LogP contribution in [-0.2, 0) is 11.2 Å². The van der Waals surface area contributed by atoms with Crippen LogP contribution in [0.15, 0.2) is 18.2 Å². The quantitative estimate of drug-likeness (QED) is 0.907. The van der Waals surface area contributed by atoms with Gasteiger partial charge in [-0.05, 0) is 37.0 Å². The Hall–Kier alpha value is -1.13. The van der Waals surface area contributed by atoms with Gasteiger partial charge in [0.25, 0.3) is 0 Å². The lowest BCUT2D eigenvalue weighted by Crippen LogP contribution is -2.45. The minimum Gasteiger partial charge on any atom is -0.396 e. The number of aliphatic hydroxyl groups excluding tert-OH is 1. The molecular formula is C15H20FNO2. The van der Waals surface area contributed by atoms with Crippen LogP contribution in [0.2, 0.25) is 0 Å². The molecule has 4 heteroatoms. The maximum Gasteiger partial charge on any atom is 0.125 e. The van der Waals surface area contributed by atoms with Gasteiger partial charge in [0, 0.05) is 30.8 Å². The first-order chi connectivity index (χ1) is 9.22. The summed E-state index contributed by atoms with van der Waals surface area (Å²) in [5.41, 5.74) is 2.00. The van der Waals surface area contributed by atoms with Crippen molar-refractivity contribution < 1.29 is 14.2 Å². The zero-order valence-electron chi connectivity index (χ0n) is 11.1. The molecule has 104 valence electrons. The third-order valence-electron chi connectivity index (χ3n) is 4.30. The van der Waals surface area contributed by atoms with Crippen molar-refractivity contribution in [3.8, 4) is 0 Å². The number of fused-ring (bicyclic) bond motifs is 1. The molecule has 1 aromatic carbocycles. The fraction of sp³-hybridized carbons (Fsp3) is 0.600. The Bertz CT molecular complexity index is 457. The van der Waals surface area contributed by atoms with E-state index in [1.807, 2.05) is 6.07 Å². The highest BCUT2D eigenvalue weighted by molar-refractivity contribution is 5.58. The molecule has 0 aliphatic carbocycles. The lowest BCUT2D eigenvalue weighted by atomic mass is 9.83. The highest BCUT2D eigenvalue weighted by atomic mass is 19.1. The number of aliphatic hydroxyl groups is 1. The van der Waals surface area contributed by atoms with Gasteiger partial charge in [0.05, 0.1) is 13.2 Å². The molecule has 2 aliphatic rings. The summed E-state index contributed by atoms with van der Waals surface area (Å²) in [7, 11) is 0. The van der Waals surface area contributed by atoms with Crippen LogP contribution in [0.25, 0.3) is 0 Å². The van der Waals surface area contributed by atoms with E-state index in [-0.39, 0.29) is 17.8 Å². The Kier molecular flexibility index (Phi) is 3.46. The Balaban J connectivity index is 1.79. The Morgan fingerprint density at radius 1 is 1.42 bits per heavy atom. The van der Waals surface area contributed by atoms with Gasteiger partial charge >= 0.3 is 0 Å². The van der Waals surface area contributed by atoms with Crippen LogP contribution in [0.3, 0.4) is 0 Å². The number of rotatable bonds is 3. The summed E-state index contributed by atoms with van der Waals surface area (Å²) in [6, 6.07) is 5.00. The summed E-state index contributed by atoms with van der Waals surface area (Å²) in [4.78, 5) is 2.20. The number of hydrogen-bond acceptors (Lipinski definition) is 3. The van der Waals surface area contributed by atoms with Gasteiger partial charge in [-0.3, -0.25) is 0 Å². The standard InChI is InChI=1S/C15H20FNO2/c16-13-3-2-12-4-6-17(14(12)8-13)9-15(10-18)5-1-7-19-11-15/h2-3,8,18H,1,4-7,9-11H2. The average Bonchev–Trinajstić information content (AvgIpc) is 2.82. The van der Waals surface area contributed by atoms with Gasteiger partial charge in [-0.2, -0.15) is 0 Å². The second-order valence-electron chi connectivity index (χ2n) is 5.76. The molecule has 0 saturated carbocycles. The van der Waals surface area contributed by atoms with E-state index in [9.17, 15) is 9.50 Å². The summed E-state index contributed by atoms with van der Waals surface area (Å²) >= 11 is 0. The lowest BCUT2D eigenvalue weighted by molar-refractivity contribution is -0.0334. The first-order valence-electron chi connectivity index (χ1n) is 6.94. The third kappa shape index (κ3) is 2.47. The molecule has 2 heterocycles. The molecule has 3 nitrogen and oxygen atoms in total. The van der Waals surface area contributed by atoms with E-state index in [2.05, 4.69) is 4.90 Å². The van der Waals surface area contributed by atoms with Crippen molar-refractivity contribution in [1.82, 2.24) is 0 Å². The zero-order valence-corrected chi connectivity index (χ0v) is 11.1. The number of anilines is 1. The molecule has 0 radical (unpaired) electrons. The van der Waals surface area contributed by atoms with Crippen molar-refractivity contribution in [2.45, 2.75) is 19.3 Å². The maximum atomic E-state index is 13.4. The van der Waals surface area contributed by atoms with Crippen molar-refractivity contribution in [1.29, 1.82) is 0 Å². The number of benzene rings is 1. The molecule has 2 aliphatic heterocycles. The fourth-order valence-corrected chi connectivity index (χ4v) is 3.20. The van der Waals surface area contributed by atoms with Crippen LogP contribution in [-0.4, -0.2) is 38.0 Å². The van der Waals surface area contributed by atoms with Crippen LogP contribution in [0.5, 0.6) is 0 Å². The summed E-state index contributed by atoms with van der Waals surface area (Å²) in [5, 5.41) is 9.72. The predicted molar refractivity (Wildman–Crippen MR) is 71.9 cm³/mol. The van der Waals surface area contributed by atoms with E-state index in [1.54, 1.807) is 6.07 Å². The molecule has 1 fully saturated rings. The zero-order chi connectivity index (χ0) is 13.3. The van der Waals surface area contributed by atoms with Crippen LogP contribution in [0, 0.1) is 11.2 Å². The van der Waals surface area contributed by atoms with Gasteiger partial charge in [-0.1, -0.05) is 6.07 Å². The van der Waals surface area contributed by atoms with Gasteiger partial charge in [-0.15, -0.1) is 0 Å². The van der Waals surface area contributed by atoms with Crippen molar-refractivity contribution >= 4 is 5.69 Å². The van der Waals surface area contributed by atoms with Crippen LogP contribution in [0.1, 0.15) is 18.4 Å². The highest BCUT2D eigenvalue weighted by Crippen LogP contribution is 2.35. The largest absolute Gasteiger partial charge is 0.396 e. The Labute approximate surface area is 113 Å². The van der Waals surface area contributed by atoms with Gasteiger partial charge in [-0.25, -0.2) is 4.39 Å². The molecule has 1 unspecified atom stereocenters. The van der Waals surface area contributed by atoms with Gasteiger partial charge in [0.2, 0.25) is 0 Å². The highest BCUT2D eigenvalue weighted by Gasteiger charge is 2.36. The first kappa shape index (κ1) is 12.9. The number of ether oxygens (including phenoxy) is 1. The SMILES string of the molecule is OCC1(CN2CCc3ccc(F)cc32)CCCOC1. The average molecular weight is 265 g/mol. The van der Waals surface area contributed by atoms with E-state index in [1.165, 1.54) is 11.6 Å². The maximum absolute atomic E-state index is 13.4. The van der Waals surface area contributed by atoms with Crippen LogP contribution in [0.4, 0.5) is 10.1 Å². The van der Waals surface area contributed by atoms with Crippen LogP contribution < -0.4 is 4.90 Å². The molecule has 3 rings (SSSR count). The molecule has 0 amide bonds. The molecule has 1 saturated heterocycles. The normalized spacial score (nSPS) is 26.5. The van der Waals surface area contributed by atoms with Crippen molar-refractivity contribution in [2.75, 3.05) is 37.8 Å². The van der Waals surface area contributed by atoms with E-state index >= 15 is 0 Å². The second-order valence-corrected chi connectivity index (χ2v) is 5.76. The topological polar surface area (TPSA) is 32.7 Å². The summed E-state index contributed by atoms with van der Waals surface area (Å²) in [5.74, 6) is -0.191. The molecule has 0 aromatic heterocycles.